The Morgan fingerprint density at radius 1 is 1.50 bits per heavy atom. The van der Waals surface area contributed by atoms with Crippen LogP contribution >= 0.6 is 22.7 Å². The molecule has 2 atom stereocenters. The normalized spacial score (nSPS) is 16.0. The Kier molecular flexibility index (Phi) is 5.32. The van der Waals surface area contributed by atoms with Crippen LogP contribution in [0.4, 0.5) is 0 Å². The Labute approximate surface area is 128 Å². The second kappa shape index (κ2) is 6.80. The van der Waals surface area contributed by atoms with Gasteiger partial charge in [-0.15, -0.1) is 11.3 Å². The fraction of sp³-hybridized carbons (Fsp3) is 0.533. The quantitative estimate of drug-likeness (QED) is 0.818. The fourth-order valence-electron chi connectivity index (χ4n) is 1.96. The van der Waals surface area contributed by atoms with Crippen molar-refractivity contribution in [1.82, 2.24) is 10.3 Å². The van der Waals surface area contributed by atoms with Crippen molar-refractivity contribution in [1.29, 1.82) is 0 Å². The SMILES string of the molecule is CCC(C)C(C)(O)CNCc1cnc(-c2ccsc2)s1. The number of aromatic nitrogens is 1. The number of nitrogens with one attached hydrogen (secondary N) is 1. The molecular weight excluding hydrogens is 288 g/mol. The van der Waals surface area contributed by atoms with E-state index in [1.54, 1.807) is 22.7 Å². The standard InChI is InChI=1S/C15H22N2OS2/c1-4-11(2)15(3,18)10-16-7-13-8-17-14(20-13)12-5-6-19-9-12/h5-6,8-9,11,16,18H,4,7,10H2,1-3H3. The zero-order valence-electron chi connectivity index (χ0n) is 12.2. The van der Waals surface area contributed by atoms with Gasteiger partial charge in [0.25, 0.3) is 0 Å². The molecule has 2 aromatic heterocycles. The fourth-order valence-corrected chi connectivity index (χ4v) is 3.55. The Morgan fingerprint density at radius 2 is 2.30 bits per heavy atom. The number of aliphatic hydroxyl groups is 1. The van der Waals surface area contributed by atoms with Gasteiger partial charge < -0.3 is 10.4 Å². The van der Waals surface area contributed by atoms with E-state index in [0.717, 1.165) is 18.0 Å². The molecule has 0 bridgehead atoms. The van der Waals surface area contributed by atoms with Gasteiger partial charge in [0.05, 0.1) is 5.60 Å². The zero-order chi connectivity index (χ0) is 14.6. The monoisotopic (exact) mass is 310 g/mol. The Bertz CT molecular complexity index is 520. The predicted molar refractivity (Wildman–Crippen MR) is 87.2 cm³/mol. The molecule has 0 saturated heterocycles. The highest BCUT2D eigenvalue weighted by molar-refractivity contribution is 7.15. The molecule has 3 nitrogen and oxygen atoms in total. The highest BCUT2D eigenvalue weighted by atomic mass is 32.1. The number of nitrogens with zero attached hydrogens (tertiary/aromatic N) is 1. The first-order valence-electron chi connectivity index (χ1n) is 6.93. The molecule has 0 saturated carbocycles. The Hall–Kier alpha value is -0.750. The van der Waals surface area contributed by atoms with Crippen molar-refractivity contribution in [3.63, 3.8) is 0 Å². The van der Waals surface area contributed by atoms with E-state index in [9.17, 15) is 5.11 Å². The van der Waals surface area contributed by atoms with Gasteiger partial charge in [-0.1, -0.05) is 20.3 Å². The topological polar surface area (TPSA) is 45.1 Å². The van der Waals surface area contributed by atoms with Crippen molar-refractivity contribution in [2.75, 3.05) is 6.54 Å². The van der Waals surface area contributed by atoms with Crippen molar-refractivity contribution in [3.8, 4) is 10.6 Å². The van der Waals surface area contributed by atoms with Crippen LogP contribution in [0.15, 0.2) is 23.0 Å². The largest absolute Gasteiger partial charge is 0.389 e. The third kappa shape index (κ3) is 3.88. The van der Waals surface area contributed by atoms with E-state index in [4.69, 9.17) is 0 Å². The molecule has 0 aliphatic heterocycles. The van der Waals surface area contributed by atoms with E-state index in [1.165, 1.54) is 10.4 Å². The summed E-state index contributed by atoms with van der Waals surface area (Å²) in [6, 6.07) is 2.09. The molecule has 0 spiro atoms. The van der Waals surface area contributed by atoms with Crippen LogP contribution in [0.3, 0.4) is 0 Å². The highest BCUT2D eigenvalue weighted by Gasteiger charge is 2.26. The second-order valence-corrected chi connectivity index (χ2v) is 7.31. The minimum Gasteiger partial charge on any atom is -0.389 e. The maximum absolute atomic E-state index is 10.3. The van der Waals surface area contributed by atoms with Crippen molar-refractivity contribution in [2.45, 2.75) is 39.3 Å². The third-order valence-corrected chi connectivity index (χ3v) is 5.51. The van der Waals surface area contributed by atoms with Gasteiger partial charge in [0, 0.05) is 35.1 Å². The van der Waals surface area contributed by atoms with Crippen molar-refractivity contribution >= 4 is 22.7 Å². The van der Waals surface area contributed by atoms with Gasteiger partial charge in [-0.25, -0.2) is 4.98 Å². The molecule has 2 N–H and O–H groups in total. The van der Waals surface area contributed by atoms with Gasteiger partial charge in [-0.05, 0) is 24.3 Å². The number of thiazole rings is 1. The van der Waals surface area contributed by atoms with E-state index in [-0.39, 0.29) is 5.92 Å². The number of hydrogen-bond acceptors (Lipinski definition) is 5. The minimum atomic E-state index is -0.657. The maximum Gasteiger partial charge on any atom is 0.124 e. The summed E-state index contributed by atoms with van der Waals surface area (Å²) >= 11 is 3.40. The van der Waals surface area contributed by atoms with Crippen molar-refractivity contribution < 1.29 is 5.11 Å². The van der Waals surface area contributed by atoms with E-state index >= 15 is 0 Å². The van der Waals surface area contributed by atoms with Gasteiger partial charge in [0.2, 0.25) is 0 Å². The lowest BCUT2D eigenvalue weighted by atomic mass is 9.89. The predicted octanol–water partition coefficient (Wildman–Crippen LogP) is 3.76. The summed E-state index contributed by atoms with van der Waals surface area (Å²) in [6.45, 7) is 7.46. The van der Waals surface area contributed by atoms with Gasteiger partial charge in [0.1, 0.15) is 5.01 Å². The highest BCUT2D eigenvalue weighted by Crippen LogP contribution is 2.27. The molecule has 0 aliphatic rings. The average Bonchev–Trinajstić information content (AvgIpc) is 3.07. The van der Waals surface area contributed by atoms with Crippen LogP contribution in [0.1, 0.15) is 32.1 Å². The molecule has 0 amide bonds. The Balaban J connectivity index is 1.86. The average molecular weight is 310 g/mol. The lowest BCUT2D eigenvalue weighted by Crippen LogP contribution is -2.42. The van der Waals surface area contributed by atoms with Crippen LogP contribution in [-0.2, 0) is 6.54 Å². The second-order valence-electron chi connectivity index (χ2n) is 5.41. The van der Waals surface area contributed by atoms with Crippen molar-refractivity contribution in [3.05, 3.63) is 27.9 Å². The molecule has 2 unspecified atom stereocenters. The maximum atomic E-state index is 10.3. The molecule has 0 aliphatic carbocycles. The summed E-state index contributed by atoms with van der Waals surface area (Å²) in [4.78, 5) is 5.65. The van der Waals surface area contributed by atoms with E-state index in [1.807, 2.05) is 13.1 Å². The van der Waals surface area contributed by atoms with Crippen LogP contribution in [0.25, 0.3) is 10.6 Å². The van der Waals surface area contributed by atoms with Crippen LogP contribution < -0.4 is 5.32 Å². The van der Waals surface area contributed by atoms with E-state index in [2.05, 4.69) is 41.0 Å². The molecule has 2 heterocycles. The zero-order valence-corrected chi connectivity index (χ0v) is 13.9. The molecular formula is C15H22N2OS2. The van der Waals surface area contributed by atoms with Crippen molar-refractivity contribution in [2.24, 2.45) is 5.92 Å². The summed E-state index contributed by atoms with van der Waals surface area (Å²) < 4.78 is 0. The molecule has 0 radical (unpaired) electrons. The Morgan fingerprint density at radius 3 is 2.95 bits per heavy atom. The molecule has 110 valence electrons. The molecule has 0 aromatic carbocycles. The summed E-state index contributed by atoms with van der Waals surface area (Å²) in [7, 11) is 0. The third-order valence-electron chi connectivity index (χ3n) is 3.78. The number of thiophene rings is 1. The summed E-state index contributed by atoms with van der Waals surface area (Å²) in [5, 5.41) is 18.9. The summed E-state index contributed by atoms with van der Waals surface area (Å²) in [5.41, 5.74) is 0.535. The van der Waals surface area contributed by atoms with Gasteiger partial charge in [-0.2, -0.15) is 11.3 Å². The number of hydrogen-bond donors (Lipinski definition) is 2. The van der Waals surface area contributed by atoms with Crippen LogP contribution in [0.2, 0.25) is 0 Å². The van der Waals surface area contributed by atoms with Gasteiger partial charge in [-0.3, -0.25) is 0 Å². The summed E-state index contributed by atoms with van der Waals surface area (Å²) in [6.07, 6.45) is 2.90. The molecule has 2 aromatic rings. The first kappa shape index (κ1) is 15.6. The number of rotatable bonds is 7. The van der Waals surface area contributed by atoms with Crippen LogP contribution in [-0.4, -0.2) is 22.2 Å². The van der Waals surface area contributed by atoms with Crippen LogP contribution in [0.5, 0.6) is 0 Å². The molecule has 0 fully saturated rings. The lowest BCUT2D eigenvalue weighted by molar-refractivity contribution is 0.00539. The molecule has 20 heavy (non-hydrogen) atoms. The van der Waals surface area contributed by atoms with E-state index in [0.29, 0.717) is 6.54 Å². The first-order valence-corrected chi connectivity index (χ1v) is 8.69. The lowest BCUT2D eigenvalue weighted by Gasteiger charge is -2.29. The molecule has 5 heteroatoms. The molecule has 2 rings (SSSR count). The van der Waals surface area contributed by atoms with Gasteiger partial charge >= 0.3 is 0 Å². The first-order chi connectivity index (χ1) is 9.53. The van der Waals surface area contributed by atoms with Gasteiger partial charge in [0.15, 0.2) is 0 Å². The smallest absolute Gasteiger partial charge is 0.124 e. The summed E-state index contributed by atoms with van der Waals surface area (Å²) in [5.74, 6) is 0.290. The minimum absolute atomic E-state index is 0.290. The van der Waals surface area contributed by atoms with Crippen LogP contribution in [0, 0.1) is 5.92 Å². The van der Waals surface area contributed by atoms with E-state index < -0.39 is 5.60 Å².